The van der Waals surface area contributed by atoms with Crippen LogP contribution in [0.25, 0.3) is 0 Å². The second-order valence-corrected chi connectivity index (χ2v) is 6.88. The largest absolute Gasteiger partial charge is 0.392 e. The number of nitrogens with one attached hydrogen (secondary N) is 4. The Morgan fingerprint density at radius 2 is 2.17 bits per heavy atom. The van der Waals surface area contributed by atoms with Gasteiger partial charge in [0.1, 0.15) is 11.6 Å². The van der Waals surface area contributed by atoms with Crippen LogP contribution in [0.4, 0.5) is 21.8 Å². The number of amides is 1. The summed E-state index contributed by atoms with van der Waals surface area (Å²) in [6.45, 7) is 0.981. The maximum Gasteiger partial charge on any atom is 0.237 e. The van der Waals surface area contributed by atoms with Crippen molar-refractivity contribution in [3.8, 4) is 11.8 Å². The first kappa shape index (κ1) is 21.5. The number of halogens is 1. The quantitative estimate of drug-likeness (QED) is 0.345. The van der Waals surface area contributed by atoms with Gasteiger partial charge in [0.2, 0.25) is 11.9 Å². The lowest BCUT2D eigenvalue weighted by atomic mass is 10.2. The third-order valence-electron chi connectivity index (χ3n) is 4.55. The minimum Gasteiger partial charge on any atom is -0.392 e. The molecule has 3 rings (SSSR count). The average Bonchev–Trinajstić information content (AvgIpc) is 3.19. The number of hydrogen-bond acceptors (Lipinski definition) is 7. The molecule has 1 aliphatic rings. The van der Waals surface area contributed by atoms with Gasteiger partial charge in [-0.05, 0) is 37.1 Å². The number of hydrogen-bond donors (Lipinski definition) is 5. The molecular weight excluding hydrogens is 387 g/mol. The van der Waals surface area contributed by atoms with Crippen molar-refractivity contribution in [1.29, 1.82) is 0 Å². The van der Waals surface area contributed by atoms with Crippen LogP contribution in [0.15, 0.2) is 30.5 Å². The molecule has 1 aliphatic heterocycles. The van der Waals surface area contributed by atoms with Gasteiger partial charge < -0.3 is 26.4 Å². The standard InChI is InChI=1S/C21H25FN6O2/c1-23-19-14(12-26-21(28-19)27-16-8-6-15(22)7-9-16)5-3-2-4-10-24-20(30)18-11-17(29)13-25-18/h6-9,12,17-18,25,29H,2,4,10-11,13H2,1H3,(H,24,30)(H2,23,26,27,28)/t17-,18+/m1/s1. The molecule has 0 saturated carbocycles. The van der Waals surface area contributed by atoms with Crippen molar-refractivity contribution in [2.45, 2.75) is 31.4 Å². The Balaban J connectivity index is 1.47. The number of benzene rings is 1. The Morgan fingerprint density at radius 3 is 2.87 bits per heavy atom. The summed E-state index contributed by atoms with van der Waals surface area (Å²) in [5, 5.41) is 21.3. The lowest BCUT2D eigenvalue weighted by Gasteiger charge is -2.10. The molecule has 0 radical (unpaired) electrons. The molecule has 0 aliphatic carbocycles. The maximum atomic E-state index is 13.0. The van der Waals surface area contributed by atoms with Crippen molar-refractivity contribution >= 4 is 23.4 Å². The number of rotatable bonds is 7. The van der Waals surface area contributed by atoms with E-state index in [0.29, 0.717) is 55.4 Å². The normalized spacial score (nSPS) is 17.7. The molecule has 2 heterocycles. The van der Waals surface area contributed by atoms with E-state index in [1.165, 1.54) is 12.1 Å². The first-order valence-electron chi connectivity index (χ1n) is 9.80. The summed E-state index contributed by atoms with van der Waals surface area (Å²) in [4.78, 5) is 20.6. The SMILES string of the molecule is CNc1nc(Nc2ccc(F)cc2)ncc1C#CCCCNC(=O)[C@@H]1C[C@@H](O)CN1. The molecule has 2 aromatic rings. The minimum atomic E-state index is -0.451. The number of aromatic nitrogens is 2. The second-order valence-electron chi connectivity index (χ2n) is 6.88. The van der Waals surface area contributed by atoms with Crippen LogP contribution >= 0.6 is 0 Å². The van der Waals surface area contributed by atoms with Crippen LogP contribution in [0.3, 0.4) is 0 Å². The molecule has 5 N–H and O–H groups in total. The second kappa shape index (κ2) is 10.5. The smallest absolute Gasteiger partial charge is 0.237 e. The molecule has 0 bridgehead atoms. The van der Waals surface area contributed by atoms with Crippen molar-refractivity contribution in [3.63, 3.8) is 0 Å². The number of nitrogens with zero attached hydrogens (tertiary/aromatic N) is 2. The van der Waals surface area contributed by atoms with Crippen LogP contribution in [0.5, 0.6) is 0 Å². The Hall–Kier alpha value is -3.22. The highest BCUT2D eigenvalue weighted by atomic mass is 19.1. The van der Waals surface area contributed by atoms with Gasteiger partial charge >= 0.3 is 0 Å². The van der Waals surface area contributed by atoms with Gasteiger partial charge in [0, 0.05) is 32.2 Å². The van der Waals surface area contributed by atoms with Crippen LogP contribution in [0.1, 0.15) is 24.8 Å². The first-order chi connectivity index (χ1) is 14.5. The molecule has 1 saturated heterocycles. The van der Waals surface area contributed by atoms with Gasteiger partial charge in [-0.1, -0.05) is 11.8 Å². The zero-order valence-corrected chi connectivity index (χ0v) is 16.7. The molecule has 158 valence electrons. The predicted molar refractivity (Wildman–Crippen MR) is 113 cm³/mol. The zero-order valence-electron chi connectivity index (χ0n) is 16.7. The van der Waals surface area contributed by atoms with Gasteiger partial charge in [-0.15, -0.1) is 0 Å². The van der Waals surface area contributed by atoms with E-state index in [-0.39, 0.29) is 17.8 Å². The van der Waals surface area contributed by atoms with E-state index in [9.17, 15) is 14.3 Å². The van der Waals surface area contributed by atoms with Crippen molar-refractivity contribution < 1.29 is 14.3 Å². The van der Waals surface area contributed by atoms with Crippen molar-refractivity contribution in [3.05, 3.63) is 41.8 Å². The van der Waals surface area contributed by atoms with Gasteiger partial charge in [0.15, 0.2) is 0 Å². The van der Waals surface area contributed by atoms with Crippen LogP contribution in [-0.4, -0.2) is 53.3 Å². The predicted octanol–water partition coefficient (Wildman–Crippen LogP) is 1.37. The van der Waals surface area contributed by atoms with E-state index in [1.807, 2.05) is 0 Å². The summed E-state index contributed by atoms with van der Waals surface area (Å²) in [6, 6.07) is 5.61. The van der Waals surface area contributed by atoms with Crippen molar-refractivity contribution in [2.75, 3.05) is 30.8 Å². The summed E-state index contributed by atoms with van der Waals surface area (Å²) < 4.78 is 13.0. The Morgan fingerprint density at radius 1 is 1.37 bits per heavy atom. The lowest BCUT2D eigenvalue weighted by Crippen LogP contribution is -2.40. The molecule has 9 heteroatoms. The summed E-state index contributed by atoms with van der Waals surface area (Å²) >= 11 is 0. The van der Waals surface area contributed by atoms with Crippen LogP contribution in [-0.2, 0) is 4.79 Å². The highest BCUT2D eigenvalue weighted by Crippen LogP contribution is 2.17. The van der Waals surface area contributed by atoms with Gasteiger partial charge in [0.05, 0.1) is 23.9 Å². The van der Waals surface area contributed by atoms with Crippen LogP contribution in [0, 0.1) is 17.7 Å². The molecule has 2 atom stereocenters. The minimum absolute atomic E-state index is 0.0883. The number of carbonyl (C=O) groups excluding carboxylic acids is 1. The highest BCUT2D eigenvalue weighted by molar-refractivity contribution is 5.82. The fourth-order valence-corrected chi connectivity index (χ4v) is 2.97. The molecule has 0 unspecified atom stereocenters. The third kappa shape index (κ3) is 6.14. The average molecular weight is 412 g/mol. The number of unbranched alkanes of at least 4 members (excludes halogenated alkanes) is 1. The van der Waals surface area contributed by atoms with E-state index in [4.69, 9.17) is 0 Å². The summed E-state index contributed by atoms with van der Waals surface area (Å²) in [6.07, 6.45) is 2.95. The van der Waals surface area contributed by atoms with Crippen LogP contribution < -0.4 is 21.3 Å². The lowest BCUT2D eigenvalue weighted by molar-refractivity contribution is -0.122. The van der Waals surface area contributed by atoms with Gasteiger partial charge in [-0.25, -0.2) is 9.37 Å². The molecule has 1 aromatic heterocycles. The first-order valence-corrected chi connectivity index (χ1v) is 9.80. The van der Waals surface area contributed by atoms with Crippen molar-refractivity contribution in [2.24, 2.45) is 0 Å². The number of anilines is 3. The fourth-order valence-electron chi connectivity index (χ4n) is 2.97. The Kier molecular flexibility index (Phi) is 7.54. The topological polar surface area (TPSA) is 111 Å². The Bertz CT molecular complexity index is 925. The monoisotopic (exact) mass is 412 g/mol. The summed E-state index contributed by atoms with van der Waals surface area (Å²) in [7, 11) is 1.75. The van der Waals surface area contributed by atoms with Gasteiger partial charge in [0.25, 0.3) is 0 Å². The number of aliphatic hydroxyl groups is 1. The van der Waals surface area contributed by atoms with Gasteiger partial charge in [-0.2, -0.15) is 4.98 Å². The summed E-state index contributed by atoms with van der Waals surface area (Å²) in [5.41, 5.74) is 1.34. The molecule has 1 fully saturated rings. The van der Waals surface area contributed by atoms with E-state index >= 15 is 0 Å². The van der Waals surface area contributed by atoms with E-state index < -0.39 is 6.10 Å². The molecule has 0 spiro atoms. The number of aliphatic hydroxyl groups excluding tert-OH is 1. The zero-order chi connectivity index (χ0) is 21.3. The van der Waals surface area contributed by atoms with E-state index in [0.717, 1.165) is 0 Å². The van der Waals surface area contributed by atoms with Crippen LogP contribution in [0.2, 0.25) is 0 Å². The Labute approximate surface area is 174 Å². The van der Waals surface area contributed by atoms with Gasteiger partial charge in [-0.3, -0.25) is 4.79 Å². The summed E-state index contributed by atoms with van der Waals surface area (Å²) in [5.74, 6) is 6.67. The van der Waals surface area contributed by atoms with E-state index in [2.05, 4.69) is 43.1 Å². The van der Waals surface area contributed by atoms with Crippen molar-refractivity contribution in [1.82, 2.24) is 20.6 Å². The highest BCUT2D eigenvalue weighted by Gasteiger charge is 2.27. The maximum absolute atomic E-state index is 13.0. The number of β-amino-alcohol motifs (C(OH)–C–C–N with tert-alkyl or cyclic N) is 1. The molecule has 1 aromatic carbocycles. The molecule has 8 nitrogen and oxygen atoms in total. The molecule has 30 heavy (non-hydrogen) atoms. The molecule has 1 amide bonds. The van der Waals surface area contributed by atoms with E-state index in [1.54, 1.807) is 25.4 Å². The number of carbonyl (C=O) groups is 1. The fraction of sp³-hybridized carbons (Fsp3) is 0.381. The molecular formula is C21H25FN6O2. The third-order valence-corrected chi connectivity index (χ3v) is 4.55.